The second-order valence-electron chi connectivity index (χ2n) is 32.6. The van der Waals surface area contributed by atoms with Crippen LogP contribution < -0.4 is 92.7 Å². The predicted octanol–water partition coefficient (Wildman–Crippen LogP) is 18.1. The summed E-state index contributed by atoms with van der Waals surface area (Å²) in [6, 6.07) is 53.2. The molecule has 0 radical (unpaired) electrons. The SMILES string of the molecule is CC(=N)CCCCOc1cc(C(N)=O)ccc1NC(=O)c1ccc([N+](=O)[O-])c(OCCCCC(=N)N)c1.CCCCOc1cc(C(=O)OC)ccc1NC(=O)c1ccc(NC(C)=O)c(OCCCN)c1.COC(=O)c1ccc(NC(=O)c2ccc(NC(C)=O)c(OCCCCC(=N)N)c2)c(OCCCCC(C)=N)c1.O=C(O)c1ccc(NC(=O)c2ccc([N+](=O)[O-])c(OCc3ccccc3)c2)c(OCc2ccccc2)c1. The summed E-state index contributed by atoms with van der Waals surface area (Å²) in [5, 5.41) is 78.2. The number of hydrogen-bond acceptors (Lipinski definition) is 29. The van der Waals surface area contributed by atoms with Crippen molar-refractivity contribution in [2.45, 2.75) is 144 Å². The number of rotatable bonds is 54. The number of carbonyl (C=O) groups excluding carboxylic acids is 9. The van der Waals surface area contributed by atoms with Crippen LogP contribution in [0.3, 0.4) is 0 Å². The number of amidine groups is 2. The summed E-state index contributed by atoms with van der Waals surface area (Å²) < 4.78 is 55.6. The number of carboxylic acids is 1. The molecule has 0 aliphatic carbocycles. The van der Waals surface area contributed by atoms with Crippen molar-refractivity contribution in [2.75, 3.05) is 92.3 Å². The van der Waals surface area contributed by atoms with Crippen molar-refractivity contribution in [1.82, 2.24) is 0 Å². The Morgan fingerprint density at radius 1 is 0.329 bits per heavy atom. The third-order valence-electron chi connectivity index (χ3n) is 20.7. The van der Waals surface area contributed by atoms with Crippen molar-refractivity contribution in [3.05, 3.63) is 282 Å². The van der Waals surface area contributed by atoms with Gasteiger partial charge in [0.1, 0.15) is 47.7 Å². The molecule has 0 aromatic heterocycles. The molecule has 7 amide bonds. The lowest BCUT2D eigenvalue weighted by molar-refractivity contribution is -0.386. The van der Waals surface area contributed by atoms with E-state index in [1.54, 1.807) is 68.4 Å². The normalized spacial score (nSPS) is 10.4. The summed E-state index contributed by atoms with van der Waals surface area (Å²) in [6.45, 7) is 10.9. The minimum absolute atomic E-state index is 0.00649. The third-order valence-corrected chi connectivity index (χ3v) is 20.7. The number of ether oxygens (including phenoxy) is 10. The molecule has 0 saturated heterocycles. The number of methoxy groups -OCH3 is 2. The Kier molecular flexibility index (Phi) is 48.3. The molecule has 41 heteroatoms. The van der Waals surface area contributed by atoms with E-state index >= 15 is 0 Å². The summed E-state index contributed by atoms with van der Waals surface area (Å²) in [4.78, 5) is 144. The molecule has 0 fully saturated rings. The van der Waals surface area contributed by atoms with Crippen LogP contribution in [-0.2, 0) is 32.3 Å². The number of nitro groups is 2. The van der Waals surface area contributed by atoms with Crippen molar-refractivity contribution in [1.29, 1.82) is 21.6 Å². The molecule has 41 nitrogen and oxygen atoms in total. The van der Waals surface area contributed by atoms with Crippen molar-refractivity contribution in [3.8, 4) is 46.0 Å². The van der Waals surface area contributed by atoms with Gasteiger partial charge < -0.3 is 118 Å². The number of carboxylic acid groups (broad SMARTS) is 1. The van der Waals surface area contributed by atoms with E-state index in [0.717, 1.165) is 36.8 Å². The average molecular weight is 2010 g/mol. The second-order valence-corrected chi connectivity index (χ2v) is 32.6. The number of nitro benzene ring substituents is 2. The molecule has 0 aliphatic rings. The van der Waals surface area contributed by atoms with Crippen LogP contribution >= 0.6 is 0 Å². The fourth-order valence-electron chi connectivity index (χ4n) is 13.1. The number of anilines is 6. The highest BCUT2D eigenvalue weighted by molar-refractivity contribution is 6.09. The maximum absolute atomic E-state index is 13.2. The molecule has 19 N–H and O–H groups in total. The fourth-order valence-corrected chi connectivity index (χ4v) is 13.1. The van der Waals surface area contributed by atoms with Gasteiger partial charge in [-0.05, 0) is 230 Å². The van der Waals surface area contributed by atoms with Gasteiger partial charge in [0.2, 0.25) is 17.7 Å². The molecule has 10 rings (SSSR count). The number of amides is 7. The molecule has 146 heavy (non-hydrogen) atoms. The Bertz CT molecular complexity index is 6240. The number of carbonyl (C=O) groups is 10. The molecule has 772 valence electrons. The predicted molar refractivity (Wildman–Crippen MR) is 553 cm³/mol. The zero-order valence-electron chi connectivity index (χ0n) is 82.0. The van der Waals surface area contributed by atoms with Crippen molar-refractivity contribution in [2.24, 2.45) is 22.9 Å². The highest BCUT2D eigenvalue weighted by atomic mass is 16.6. The number of primary amides is 1. The first-order chi connectivity index (χ1) is 70.0. The highest BCUT2D eigenvalue weighted by Gasteiger charge is 2.26. The number of nitrogens with two attached hydrogens (primary N) is 4. The number of nitrogens with one attached hydrogen (secondary N) is 10. The van der Waals surface area contributed by atoms with Gasteiger partial charge in [-0.25, -0.2) is 14.4 Å². The van der Waals surface area contributed by atoms with Crippen molar-refractivity contribution >= 4 is 128 Å². The van der Waals surface area contributed by atoms with Crippen LogP contribution in [0.5, 0.6) is 46.0 Å². The molecule has 10 aromatic rings. The fraction of sp³-hybridized carbons (Fsp3) is 0.295. The van der Waals surface area contributed by atoms with Gasteiger partial charge in [-0.1, -0.05) is 74.0 Å². The van der Waals surface area contributed by atoms with Gasteiger partial charge in [-0.3, -0.25) is 64.6 Å². The molecule has 0 atom stereocenters. The van der Waals surface area contributed by atoms with Crippen LogP contribution in [0, 0.1) is 41.9 Å². The number of aromatic carboxylic acids is 1. The lowest BCUT2D eigenvalue weighted by Gasteiger charge is -2.16. The van der Waals surface area contributed by atoms with Gasteiger partial charge >= 0.3 is 29.3 Å². The van der Waals surface area contributed by atoms with E-state index in [-0.39, 0.29) is 117 Å². The first-order valence-corrected chi connectivity index (χ1v) is 46.4. The number of benzene rings is 10. The standard InChI is InChI=1S/C28H37N5O6.C28H22N2O7.C25H32N6O6.C24H31N3O6/c1-18(29)8-4-6-14-39-25-17-21(28(36)37-3)11-13-23(25)33-27(35)20-10-12-22(32-19(2)34)24(16-20)38-15-7-5-9-26(30)31;31-27(21-12-14-24(30(34)35)26(15-21)37-18-20-9-5-2-6-10-20)29-23-13-11-22(28(32)33)16-25(23)36-17-19-7-3-1-4-8-19;1-16(26)6-2-4-12-36-21-14-17(24(29)32)8-10-19(21)30-25(33)18-9-11-20(31(34)35)22(15-18)37-13-5-3-7-23(27)28;1-4-5-12-32-22-15-18(24(30)31-3)8-10-20(22)27-23(29)17-7-9-19(26-16(2)28)21(14-17)33-13-6-11-25/h10-13,16-17,29H,4-9,14-15H2,1-3H3,(H3,30,31)(H,32,34)(H,33,35);1-16H,17-18H2,(H,29,31)(H,32,33);8-11,14-15,26H,2-7,12-13H2,1H3,(H3,27,28)(H2,29,32)(H,30,33);7-10,14-15H,4-6,11-13,25H2,1-3H3,(H,26,28)(H,27,29). The van der Waals surface area contributed by atoms with Gasteiger partial charge in [0.05, 0.1) is 126 Å². The smallest absolute Gasteiger partial charge is 0.337 e. The zero-order valence-corrected chi connectivity index (χ0v) is 82.0. The maximum Gasteiger partial charge on any atom is 0.337 e. The van der Waals surface area contributed by atoms with E-state index in [2.05, 4.69) is 31.9 Å². The monoisotopic (exact) mass is 2010 g/mol. The molecule has 0 saturated carbocycles. The van der Waals surface area contributed by atoms with Gasteiger partial charge in [0, 0.05) is 90.2 Å². The lowest BCUT2D eigenvalue weighted by atomic mass is 10.1. The molecule has 0 bridgehead atoms. The molecule has 0 heterocycles. The molecule has 10 aromatic carbocycles. The molecular formula is C105H122N16O25. The first-order valence-electron chi connectivity index (χ1n) is 46.4. The largest absolute Gasteiger partial charge is 0.491 e. The highest BCUT2D eigenvalue weighted by Crippen LogP contribution is 2.37. The van der Waals surface area contributed by atoms with Gasteiger partial charge in [0.15, 0.2) is 11.5 Å². The van der Waals surface area contributed by atoms with E-state index in [1.165, 1.54) is 119 Å². The van der Waals surface area contributed by atoms with E-state index in [0.29, 0.717) is 184 Å². The average Bonchev–Trinajstić information content (AvgIpc) is 0.821. The number of hydrogen-bond donors (Lipinski definition) is 15. The van der Waals surface area contributed by atoms with E-state index in [1.807, 2.05) is 67.6 Å². The Labute approximate surface area is 843 Å². The van der Waals surface area contributed by atoms with Crippen LogP contribution in [0.25, 0.3) is 0 Å². The quantitative estimate of drug-likeness (QED) is 0.00420. The van der Waals surface area contributed by atoms with E-state index in [9.17, 15) is 73.3 Å². The molecule has 0 spiro atoms. The van der Waals surface area contributed by atoms with Crippen molar-refractivity contribution in [3.63, 3.8) is 0 Å². The molecular weight excluding hydrogens is 1890 g/mol. The minimum Gasteiger partial charge on any atom is -0.491 e. The number of nitrogens with zero attached hydrogens (tertiary/aromatic N) is 2. The lowest BCUT2D eigenvalue weighted by Crippen LogP contribution is -2.15. The summed E-state index contributed by atoms with van der Waals surface area (Å²) in [5.41, 5.74) is 27.7. The van der Waals surface area contributed by atoms with Crippen LogP contribution in [0.1, 0.15) is 225 Å². The van der Waals surface area contributed by atoms with Gasteiger partial charge in [0.25, 0.3) is 23.6 Å². The first kappa shape index (κ1) is 115. The van der Waals surface area contributed by atoms with Crippen LogP contribution in [-0.4, -0.2) is 158 Å². The summed E-state index contributed by atoms with van der Waals surface area (Å²) in [5.74, 6) is -3.49. The summed E-state index contributed by atoms with van der Waals surface area (Å²) in [7, 11) is 2.58. The van der Waals surface area contributed by atoms with Gasteiger partial charge in [-0.15, -0.1) is 0 Å². The second kappa shape index (κ2) is 61.1. The summed E-state index contributed by atoms with van der Waals surface area (Å²) in [6.07, 6.45) is 9.91. The Balaban J connectivity index is 0.000000264. The molecule has 0 unspecified atom stereocenters. The molecule has 0 aliphatic heterocycles. The zero-order chi connectivity index (χ0) is 107. The summed E-state index contributed by atoms with van der Waals surface area (Å²) >= 11 is 0. The topological polar surface area (TPSA) is 641 Å². The van der Waals surface area contributed by atoms with E-state index < -0.39 is 57.3 Å². The van der Waals surface area contributed by atoms with Gasteiger partial charge in [-0.2, -0.15) is 0 Å². The van der Waals surface area contributed by atoms with E-state index in [4.69, 9.17) is 91.9 Å². The van der Waals surface area contributed by atoms with Crippen molar-refractivity contribution < 1.29 is 110 Å². The van der Waals surface area contributed by atoms with Crippen LogP contribution in [0.4, 0.5) is 45.5 Å². The number of unbranched alkanes of at least 4 members (excludes halogenated alkanes) is 5. The number of esters is 2. The van der Waals surface area contributed by atoms with Crippen LogP contribution in [0.15, 0.2) is 206 Å². The van der Waals surface area contributed by atoms with Crippen LogP contribution in [0.2, 0.25) is 0 Å². The Morgan fingerprint density at radius 2 is 0.596 bits per heavy atom. The Hall–Kier alpha value is -17.7. The Morgan fingerprint density at radius 3 is 0.911 bits per heavy atom. The maximum atomic E-state index is 13.2. The minimum atomic E-state index is -1.14. The third kappa shape index (κ3) is 40.1.